The number of nitrogens with one attached hydrogen (secondary N) is 2. The fourth-order valence-corrected chi connectivity index (χ4v) is 3.03. The van der Waals surface area contributed by atoms with Crippen LogP contribution in [0.5, 0.6) is 5.75 Å². The Morgan fingerprint density at radius 3 is 2.54 bits per heavy atom. The number of benzene rings is 1. The summed E-state index contributed by atoms with van der Waals surface area (Å²) in [7, 11) is 3.43. The van der Waals surface area contributed by atoms with Crippen molar-refractivity contribution in [1.82, 2.24) is 10.6 Å². The molecule has 26 heavy (non-hydrogen) atoms. The number of aliphatic imine (C=N–C) groups is 1. The van der Waals surface area contributed by atoms with Gasteiger partial charge in [-0.05, 0) is 38.8 Å². The summed E-state index contributed by atoms with van der Waals surface area (Å²) >= 11 is 1.82. The molecular weight excluding hydrogens is 461 g/mol. The number of rotatable bonds is 10. The standard InChI is InChI=1S/C19H33N3O2S.HI/c1-7-20-18(22-14-19(3,4)24-6)21-12-15(2)13-25-17-11-9-8-10-16(17)23-5;/h8-11,15H,7,12-14H2,1-6H3,(H2,20,21,22);1H. The Morgan fingerprint density at radius 1 is 1.23 bits per heavy atom. The molecule has 1 aromatic rings. The number of nitrogens with zero attached hydrogens (tertiary/aromatic N) is 1. The smallest absolute Gasteiger partial charge is 0.191 e. The lowest BCUT2D eigenvalue weighted by atomic mass is 10.1. The maximum atomic E-state index is 5.42. The molecule has 2 N–H and O–H groups in total. The van der Waals surface area contributed by atoms with Crippen molar-refractivity contribution in [2.24, 2.45) is 10.9 Å². The Morgan fingerprint density at radius 2 is 1.92 bits per heavy atom. The zero-order valence-corrected chi connectivity index (χ0v) is 19.9. The van der Waals surface area contributed by atoms with Crippen LogP contribution in [0.3, 0.4) is 0 Å². The van der Waals surface area contributed by atoms with Gasteiger partial charge in [-0.2, -0.15) is 0 Å². The zero-order chi connectivity index (χ0) is 18.7. The van der Waals surface area contributed by atoms with Gasteiger partial charge in [-0.3, -0.25) is 4.99 Å². The second-order valence-electron chi connectivity index (χ2n) is 6.61. The van der Waals surface area contributed by atoms with Crippen LogP contribution in [0.4, 0.5) is 0 Å². The highest BCUT2D eigenvalue weighted by molar-refractivity contribution is 14.0. The first-order valence-corrected chi connectivity index (χ1v) is 9.73. The first-order valence-electron chi connectivity index (χ1n) is 8.75. The van der Waals surface area contributed by atoms with Gasteiger partial charge in [0.2, 0.25) is 0 Å². The summed E-state index contributed by atoms with van der Waals surface area (Å²) in [4.78, 5) is 5.80. The summed E-state index contributed by atoms with van der Waals surface area (Å²) in [5.74, 6) is 3.27. The molecule has 0 heterocycles. The number of hydrogen-bond acceptors (Lipinski definition) is 4. The molecule has 0 aliphatic carbocycles. The van der Waals surface area contributed by atoms with Crippen molar-refractivity contribution >= 4 is 41.7 Å². The van der Waals surface area contributed by atoms with Gasteiger partial charge >= 0.3 is 0 Å². The van der Waals surface area contributed by atoms with Gasteiger partial charge < -0.3 is 20.1 Å². The number of ether oxygens (including phenoxy) is 2. The molecule has 0 radical (unpaired) electrons. The molecule has 0 bridgehead atoms. The predicted molar refractivity (Wildman–Crippen MR) is 123 cm³/mol. The molecule has 0 saturated carbocycles. The van der Waals surface area contributed by atoms with E-state index in [0.29, 0.717) is 12.5 Å². The number of thioether (sulfide) groups is 1. The molecule has 0 saturated heterocycles. The number of hydrogen-bond donors (Lipinski definition) is 2. The van der Waals surface area contributed by atoms with E-state index in [4.69, 9.17) is 9.47 Å². The minimum Gasteiger partial charge on any atom is -0.496 e. The second-order valence-corrected chi connectivity index (χ2v) is 7.67. The van der Waals surface area contributed by atoms with E-state index < -0.39 is 0 Å². The topological polar surface area (TPSA) is 54.9 Å². The van der Waals surface area contributed by atoms with Crippen LogP contribution in [0.1, 0.15) is 27.7 Å². The molecule has 0 spiro atoms. The fourth-order valence-electron chi connectivity index (χ4n) is 1.98. The van der Waals surface area contributed by atoms with Gasteiger partial charge in [-0.15, -0.1) is 35.7 Å². The van der Waals surface area contributed by atoms with Gasteiger partial charge in [-0.1, -0.05) is 19.1 Å². The van der Waals surface area contributed by atoms with Gasteiger partial charge in [-0.25, -0.2) is 0 Å². The third kappa shape index (κ3) is 9.87. The molecule has 0 aliphatic rings. The Kier molecular flexibility index (Phi) is 13.1. The van der Waals surface area contributed by atoms with Crippen LogP contribution >= 0.6 is 35.7 Å². The van der Waals surface area contributed by atoms with Crippen molar-refractivity contribution in [3.63, 3.8) is 0 Å². The molecule has 0 fully saturated rings. The average molecular weight is 495 g/mol. The normalized spacial score (nSPS) is 12.9. The molecule has 0 aliphatic heterocycles. The van der Waals surface area contributed by atoms with E-state index >= 15 is 0 Å². The highest BCUT2D eigenvalue weighted by atomic mass is 127. The summed E-state index contributed by atoms with van der Waals surface area (Å²) in [5.41, 5.74) is -0.256. The van der Waals surface area contributed by atoms with E-state index in [2.05, 4.69) is 35.5 Å². The van der Waals surface area contributed by atoms with E-state index in [9.17, 15) is 0 Å². The quantitative estimate of drug-likeness (QED) is 0.222. The van der Waals surface area contributed by atoms with Crippen LogP contribution in [-0.2, 0) is 4.74 Å². The van der Waals surface area contributed by atoms with Crippen LogP contribution in [0.25, 0.3) is 0 Å². The highest BCUT2D eigenvalue weighted by Gasteiger charge is 2.16. The van der Waals surface area contributed by atoms with Gasteiger partial charge in [0, 0.05) is 30.8 Å². The van der Waals surface area contributed by atoms with Crippen LogP contribution in [-0.4, -0.2) is 51.2 Å². The minimum absolute atomic E-state index is 0. The first-order chi connectivity index (χ1) is 11.9. The van der Waals surface area contributed by atoms with Crippen molar-refractivity contribution in [3.05, 3.63) is 24.3 Å². The van der Waals surface area contributed by atoms with Crippen LogP contribution in [0, 0.1) is 5.92 Å². The molecule has 7 heteroatoms. The SMILES string of the molecule is CCNC(=NCC(C)(C)OC)NCC(C)CSc1ccccc1OC.I. The van der Waals surface area contributed by atoms with Crippen molar-refractivity contribution in [3.8, 4) is 5.75 Å². The summed E-state index contributed by atoms with van der Waals surface area (Å²) in [6, 6.07) is 8.14. The Labute approximate surface area is 180 Å². The van der Waals surface area contributed by atoms with Crippen molar-refractivity contribution in [2.45, 2.75) is 38.2 Å². The van der Waals surface area contributed by atoms with E-state index in [1.807, 2.05) is 43.8 Å². The van der Waals surface area contributed by atoms with Gasteiger partial charge in [0.1, 0.15) is 5.75 Å². The molecule has 0 aromatic heterocycles. The monoisotopic (exact) mass is 495 g/mol. The third-order valence-electron chi connectivity index (χ3n) is 3.73. The van der Waals surface area contributed by atoms with Crippen LogP contribution in [0.15, 0.2) is 34.2 Å². The minimum atomic E-state index is -0.256. The highest BCUT2D eigenvalue weighted by Crippen LogP contribution is 2.29. The molecule has 150 valence electrons. The summed E-state index contributed by atoms with van der Waals surface area (Å²) in [5, 5.41) is 6.70. The van der Waals surface area contributed by atoms with Crippen molar-refractivity contribution in [2.75, 3.05) is 39.6 Å². The van der Waals surface area contributed by atoms with Crippen LogP contribution in [0.2, 0.25) is 0 Å². The molecule has 5 nitrogen and oxygen atoms in total. The predicted octanol–water partition coefficient (Wildman–Crippen LogP) is 4.02. The summed E-state index contributed by atoms with van der Waals surface area (Å²) in [6.07, 6.45) is 0. The molecule has 1 unspecified atom stereocenters. The zero-order valence-electron chi connectivity index (χ0n) is 16.8. The molecule has 1 aromatic carbocycles. The van der Waals surface area contributed by atoms with Crippen molar-refractivity contribution < 1.29 is 9.47 Å². The lowest BCUT2D eigenvalue weighted by Gasteiger charge is -2.22. The Bertz CT molecular complexity index is 541. The van der Waals surface area contributed by atoms with Gasteiger partial charge in [0.25, 0.3) is 0 Å². The maximum Gasteiger partial charge on any atom is 0.191 e. The van der Waals surface area contributed by atoms with E-state index in [-0.39, 0.29) is 29.6 Å². The number of halogens is 1. The second kappa shape index (κ2) is 13.5. The molecule has 0 amide bonds. The third-order valence-corrected chi connectivity index (χ3v) is 5.11. The van der Waals surface area contributed by atoms with E-state index in [1.54, 1.807) is 14.2 Å². The largest absolute Gasteiger partial charge is 0.496 e. The fraction of sp³-hybridized carbons (Fsp3) is 0.632. The lowest BCUT2D eigenvalue weighted by molar-refractivity contribution is 0.0310. The first kappa shape index (κ1) is 25.3. The van der Waals surface area contributed by atoms with Crippen LogP contribution < -0.4 is 15.4 Å². The average Bonchev–Trinajstić information content (AvgIpc) is 2.62. The van der Waals surface area contributed by atoms with Gasteiger partial charge in [0.15, 0.2) is 5.96 Å². The Balaban J connectivity index is 0.00000625. The molecule has 1 atom stereocenters. The lowest BCUT2D eigenvalue weighted by Crippen LogP contribution is -2.41. The van der Waals surface area contributed by atoms with E-state index in [1.165, 1.54) is 4.90 Å². The van der Waals surface area contributed by atoms with Gasteiger partial charge in [0.05, 0.1) is 19.3 Å². The Hall–Kier alpha value is -0.670. The summed E-state index contributed by atoms with van der Waals surface area (Å²) < 4.78 is 10.8. The van der Waals surface area contributed by atoms with Crippen molar-refractivity contribution in [1.29, 1.82) is 0 Å². The van der Waals surface area contributed by atoms with E-state index in [0.717, 1.165) is 30.6 Å². The maximum absolute atomic E-state index is 5.42. The number of para-hydroxylation sites is 1. The molecular formula is C19H34IN3O2S. The number of methoxy groups -OCH3 is 2. The molecule has 1 rings (SSSR count). The summed E-state index contributed by atoms with van der Waals surface area (Å²) in [6.45, 7) is 10.7. The number of guanidine groups is 1.